The summed E-state index contributed by atoms with van der Waals surface area (Å²) < 4.78 is 2.52. The van der Waals surface area contributed by atoms with Gasteiger partial charge in [0.1, 0.15) is 0 Å². The molecule has 0 aliphatic carbocycles. The molecule has 3 nitrogen and oxygen atoms in total. The minimum absolute atomic E-state index is 0.433. The molecule has 0 amide bonds. The number of imidazole rings is 1. The molecule has 2 heterocycles. The molecule has 0 unspecified atom stereocenters. The highest BCUT2D eigenvalue weighted by Gasteiger charge is 2.10. The van der Waals surface area contributed by atoms with Gasteiger partial charge in [0, 0.05) is 5.56 Å². The predicted molar refractivity (Wildman–Crippen MR) is 75.9 cm³/mol. The topological polar surface area (TPSA) is 30.2 Å². The van der Waals surface area contributed by atoms with Gasteiger partial charge in [-0.15, -0.1) is 0 Å². The van der Waals surface area contributed by atoms with Gasteiger partial charge in [-0.3, -0.25) is 0 Å². The predicted octanol–water partition coefficient (Wildman–Crippen LogP) is 4.12. The fourth-order valence-corrected chi connectivity index (χ4v) is 2.71. The number of halogens is 2. The normalized spacial score (nSPS) is 11.1. The molecular weight excluding hydrogens is 314 g/mol. The molecule has 0 N–H and O–H groups in total. The quantitative estimate of drug-likeness (QED) is 0.674. The molecule has 90 valence electrons. The van der Waals surface area contributed by atoms with Crippen LogP contribution in [0.1, 0.15) is 5.56 Å². The molecule has 0 saturated carbocycles. The second kappa shape index (κ2) is 4.37. The first-order valence-corrected chi connectivity index (χ1v) is 6.59. The minimum Gasteiger partial charge on any atom is -0.226 e. The molecule has 0 radical (unpaired) electrons. The largest absolute Gasteiger partial charge is 0.226 e. The average molecular weight is 323 g/mol. The first-order valence-electron chi connectivity index (χ1n) is 5.42. The van der Waals surface area contributed by atoms with E-state index in [0.29, 0.717) is 5.15 Å². The van der Waals surface area contributed by atoms with Crippen LogP contribution in [0.15, 0.2) is 41.0 Å². The highest BCUT2D eigenvalue weighted by atomic mass is 79.9. The SMILES string of the molecule is Cc1ccccc1-c1cn2nc(Cl)cc(Br)c2n1. The van der Waals surface area contributed by atoms with Crippen LogP contribution < -0.4 is 0 Å². The Hall–Kier alpha value is -1.39. The van der Waals surface area contributed by atoms with E-state index in [0.717, 1.165) is 21.4 Å². The molecule has 5 heteroatoms. The summed E-state index contributed by atoms with van der Waals surface area (Å²) in [6.07, 6.45) is 1.88. The maximum Gasteiger partial charge on any atom is 0.168 e. The first-order chi connectivity index (χ1) is 8.65. The summed E-state index contributed by atoms with van der Waals surface area (Å²) in [7, 11) is 0. The van der Waals surface area contributed by atoms with Gasteiger partial charge in [-0.25, -0.2) is 9.50 Å². The zero-order valence-corrected chi connectivity index (χ0v) is 11.9. The fraction of sp³-hybridized carbons (Fsp3) is 0.0769. The number of hydrogen-bond donors (Lipinski definition) is 0. The van der Waals surface area contributed by atoms with Crippen LogP contribution in [-0.2, 0) is 0 Å². The Labute approximate surface area is 118 Å². The van der Waals surface area contributed by atoms with E-state index < -0.39 is 0 Å². The third-order valence-electron chi connectivity index (χ3n) is 2.77. The number of aryl methyl sites for hydroxylation is 1. The Balaban J connectivity index is 2.26. The third kappa shape index (κ3) is 1.91. The van der Waals surface area contributed by atoms with Crippen molar-refractivity contribution in [3.63, 3.8) is 0 Å². The summed E-state index contributed by atoms with van der Waals surface area (Å²) in [6, 6.07) is 9.87. The van der Waals surface area contributed by atoms with E-state index in [4.69, 9.17) is 11.6 Å². The lowest BCUT2D eigenvalue weighted by Crippen LogP contribution is -1.90. The molecule has 0 aliphatic rings. The van der Waals surface area contributed by atoms with Crippen molar-refractivity contribution >= 4 is 33.2 Å². The van der Waals surface area contributed by atoms with E-state index in [1.54, 1.807) is 10.6 Å². The van der Waals surface area contributed by atoms with Crippen LogP contribution in [0.4, 0.5) is 0 Å². The van der Waals surface area contributed by atoms with Crippen molar-refractivity contribution in [2.45, 2.75) is 6.92 Å². The van der Waals surface area contributed by atoms with Crippen LogP contribution in [0.2, 0.25) is 5.15 Å². The Morgan fingerprint density at radius 3 is 2.83 bits per heavy atom. The third-order valence-corrected chi connectivity index (χ3v) is 3.54. The maximum atomic E-state index is 5.92. The van der Waals surface area contributed by atoms with Crippen molar-refractivity contribution in [2.24, 2.45) is 0 Å². The Morgan fingerprint density at radius 2 is 2.06 bits per heavy atom. The Kier molecular flexibility index (Phi) is 2.84. The van der Waals surface area contributed by atoms with Crippen LogP contribution >= 0.6 is 27.5 Å². The lowest BCUT2D eigenvalue weighted by Gasteiger charge is -1.99. The van der Waals surface area contributed by atoms with E-state index in [1.165, 1.54) is 5.56 Å². The number of aromatic nitrogens is 3. The summed E-state index contributed by atoms with van der Waals surface area (Å²) in [4.78, 5) is 4.58. The van der Waals surface area contributed by atoms with Gasteiger partial charge in [0.25, 0.3) is 0 Å². The summed E-state index contributed by atoms with van der Waals surface area (Å²) in [5.41, 5.74) is 3.94. The summed E-state index contributed by atoms with van der Waals surface area (Å²) in [5.74, 6) is 0. The number of benzene rings is 1. The van der Waals surface area contributed by atoms with Crippen LogP contribution in [0.25, 0.3) is 16.9 Å². The lowest BCUT2D eigenvalue weighted by atomic mass is 10.1. The van der Waals surface area contributed by atoms with Crippen LogP contribution in [0.3, 0.4) is 0 Å². The molecule has 0 fully saturated rings. The molecule has 0 aliphatic heterocycles. The number of fused-ring (bicyclic) bond motifs is 1. The number of hydrogen-bond acceptors (Lipinski definition) is 2. The van der Waals surface area contributed by atoms with Crippen molar-refractivity contribution < 1.29 is 0 Å². The fourth-order valence-electron chi connectivity index (χ4n) is 1.90. The van der Waals surface area contributed by atoms with Crippen molar-refractivity contribution in [1.29, 1.82) is 0 Å². The molecule has 2 aromatic heterocycles. The molecule has 0 spiro atoms. The van der Waals surface area contributed by atoms with Crippen molar-refractivity contribution in [3.8, 4) is 11.3 Å². The molecule has 18 heavy (non-hydrogen) atoms. The average Bonchev–Trinajstić information content (AvgIpc) is 2.73. The van der Waals surface area contributed by atoms with E-state index in [2.05, 4.69) is 39.0 Å². The molecule has 0 saturated heterocycles. The van der Waals surface area contributed by atoms with E-state index in [-0.39, 0.29) is 0 Å². The molecular formula is C13H9BrClN3. The zero-order chi connectivity index (χ0) is 12.7. The number of rotatable bonds is 1. The Morgan fingerprint density at radius 1 is 1.28 bits per heavy atom. The zero-order valence-electron chi connectivity index (χ0n) is 9.56. The highest BCUT2D eigenvalue weighted by Crippen LogP contribution is 2.26. The maximum absolute atomic E-state index is 5.92. The van der Waals surface area contributed by atoms with Gasteiger partial charge in [0.2, 0.25) is 0 Å². The molecule has 0 atom stereocenters. The van der Waals surface area contributed by atoms with Gasteiger partial charge in [0.05, 0.1) is 16.4 Å². The highest BCUT2D eigenvalue weighted by molar-refractivity contribution is 9.10. The lowest BCUT2D eigenvalue weighted by molar-refractivity contribution is 0.932. The van der Waals surface area contributed by atoms with Crippen molar-refractivity contribution in [3.05, 3.63) is 51.7 Å². The second-order valence-corrected chi connectivity index (χ2v) is 5.27. The van der Waals surface area contributed by atoms with Gasteiger partial charge in [0.15, 0.2) is 10.8 Å². The molecule has 3 rings (SSSR count). The first kappa shape index (κ1) is 11.7. The van der Waals surface area contributed by atoms with Gasteiger partial charge in [-0.1, -0.05) is 35.9 Å². The van der Waals surface area contributed by atoms with E-state index in [9.17, 15) is 0 Å². The monoisotopic (exact) mass is 321 g/mol. The molecule has 3 aromatic rings. The van der Waals surface area contributed by atoms with Crippen molar-refractivity contribution in [2.75, 3.05) is 0 Å². The Bertz CT molecular complexity index is 736. The van der Waals surface area contributed by atoms with Crippen LogP contribution in [-0.4, -0.2) is 14.6 Å². The smallest absolute Gasteiger partial charge is 0.168 e. The molecule has 0 bridgehead atoms. The standard InChI is InChI=1S/C13H9BrClN3/c1-8-4-2-3-5-9(8)11-7-18-13(16-11)10(14)6-12(15)17-18/h2-7H,1H3. The minimum atomic E-state index is 0.433. The summed E-state index contributed by atoms with van der Waals surface area (Å²) in [5, 5.41) is 4.64. The molecule has 1 aromatic carbocycles. The van der Waals surface area contributed by atoms with Gasteiger partial charge < -0.3 is 0 Å². The summed E-state index contributed by atoms with van der Waals surface area (Å²) >= 11 is 9.37. The van der Waals surface area contributed by atoms with Gasteiger partial charge >= 0.3 is 0 Å². The van der Waals surface area contributed by atoms with Crippen LogP contribution in [0, 0.1) is 6.92 Å². The second-order valence-electron chi connectivity index (χ2n) is 4.02. The van der Waals surface area contributed by atoms with Gasteiger partial charge in [-0.2, -0.15) is 5.10 Å². The number of nitrogens with zero attached hydrogens (tertiary/aromatic N) is 3. The van der Waals surface area contributed by atoms with E-state index >= 15 is 0 Å². The van der Waals surface area contributed by atoms with Crippen LogP contribution in [0.5, 0.6) is 0 Å². The van der Waals surface area contributed by atoms with Gasteiger partial charge in [-0.05, 0) is 34.5 Å². The summed E-state index contributed by atoms with van der Waals surface area (Å²) in [6.45, 7) is 2.06. The van der Waals surface area contributed by atoms with E-state index in [1.807, 2.05) is 24.4 Å². The van der Waals surface area contributed by atoms with Crippen molar-refractivity contribution in [1.82, 2.24) is 14.6 Å².